The minimum absolute atomic E-state index is 0.105. The first-order valence-corrected chi connectivity index (χ1v) is 8.12. The molecule has 0 saturated carbocycles. The fourth-order valence-corrected chi connectivity index (χ4v) is 2.92. The number of para-hydroxylation sites is 1. The van der Waals surface area contributed by atoms with Crippen LogP contribution in [0.2, 0.25) is 0 Å². The molecule has 0 bridgehead atoms. The lowest BCUT2D eigenvalue weighted by Crippen LogP contribution is -2.18. The Bertz CT molecular complexity index is 1150. The molecule has 0 fully saturated rings. The maximum atomic E-state index is 12.5. The number of hydrogen-bond donors (Lipinski definition) is 2. The molecule has 5 nitrogen and oxygen atoms in total. The Kier molecular flexibility index (Phi) is 4.03. The third-order valence-electron chi connectivity index (χ3n) is 4.18. The van der Waals surface area contributed by atoms with E-state index in [-0.39, 0.29) is 11.7 Å². The van der Waals surface area contributed by atoms with E-state index in [1.54, 1.807) is 24.4 Å². The van der Waals surface area contributed by atoms with Crippen LogP contribution < -0.4 is 5.43 Å². The number of nitrogens with zero attached hydrogens (tertiary/aromatic N) is 2. The molecule has 4 rings (SSSR count). The van der Waals surface area contributed by atoms with Gasteiger partial charge < -0.3 is 5.11 Å². The summed E-state index contributed by atoms with van der Waals surface area (Å²) in [4.78, 5) is 16.7. The Labute approximate surface area is 149 Å². The third kappa shape index (κ3) is 2.86. The number of aromatic nitrogens is 1. The van der Waals surface area contributed by atoms with Crippen LogP contribution in [-0.2, 0) is 0 Å². The van der Waals surface area contributed by atoms with Gasteiger partial charge in [-0.2, -0.15) is 5.10 Å². The van der Waals surface area contributed by atoms with Crippen molar-refractivity contribution >= 4 is 33.8 Å². The molecule has 1 aromatic heterocycles. The standard InChI is InChI=1S/C21H15N3O2/c25-19-11-10-14-5-1-2-8-16(14)18(19)13-23-24-21(26)17-9-3-6-15-7-4-12-22-20(15)17/h1-13,25H,(H,24,26)/b23-13-. The van der Waals surface area contributed by atoms with E-state index in [0.29, 0.717) is 16.6 Å². The average Bonchev–Trinajstić information content (AvgIpc) is 2.69. The summed E-state index contributed by atoms with van der Waals surface area (Å²) in [7, 11) is 0. The van der Waals surface area contributed by atoms with Crippen LogP contribution in [0.25, 0.3) is 21.7 Å². The van der Waals surface area contributed by atoms with E-state index in [0.717, 1.165) is 16.2 Å². The predicted molar refractivity (Wildman–Crippen MR) is 102 cm³/mol. The van der Waals surface area contributed by atoms with Gasteiger partial charge in [0.05, 0.1) is 17.3 Å². The number of carbonyl (C=O) groups excluding carboxylic acids is 1. The van der Waals surface area contributed by atoms with Crippen LogP contribution in [0.5, 0.6) is 5.75 Å². The molecule has 0 radical (unpaired) electrons. The normalized spacial score (nSPS) is 11.2. The van der Waals surface area contributed by atoms with Gasteiger partial charge in [0, 0.05) is 17.1 Å². The summed E-state index contributed by atoms with van der Waals surface area (Å²) in [5, 5.41) is 16.9. The average molecular weight is 341 g/mol. The van der Waals surface area contributed by atoms with Crippen molar-refractivity contribution < 1.29 is 9.90 Å². The molecule has 0 spiro atoms. The van der Waals surface area contributed by atoms with E-state index in [9.17, 15) is 9.90 Å². The van der Waals surface area contributed by atoms with Crippen molar-refractivity contribution in [1.82, 2.24) is 10.4 Å². The Morgan fingerprint density at radius 1 is 0.962 bits per heavy atom. The van der Waals surface area contributed by atoms with Gasteiger partial charge in [-0.15, -0.1) is 0 Å². The number of phenols is 1. The molecule has 126 valence electrons. The molecule has 0 aliphatic heterocycles. The van der Waals surface area contributed by atoms with Gasteiger partial charge in [0.15, 0.2) is 0 Å². The molecular weight excluding hydrogens is 326 g/mol. The van der Waals surface area contributed by atoms with E-state index in [1.165, 1.54) is 6.21 Å². The van der Waals surface area contributed by atoms with Crippen LogP contribution in [0.3, 0.4) is 0 Å². The number of carbonyl (C=O) groups is 1. The minimum atomic E-state index is -0.356. The predicted octanol–water partition coefficient (Wildman–Crippen LogP) is 3.86. The molecule has 2 N–H and O–H groups in total. The van der Waals surface area contributed by atoms with E-state index in [1.807, 2.05) is 48.5 Å². The summed E-state index contributed by atoms with van der Waals surface area (Å²) in [6.45, 7) is 0. The first kappa shape index (κ1) is 15.8. The van der Waals surface area contributed by atoms with Gasteiger partial charge in [-0.25, -0.2) is 5.43 Å². The first-order valence-electron chi connectivity index (χ1n) is 8.12. The number of fused-ring (bicyclic) bond motifs is 2. The first-order chi connectivity index (χ1) is 12.7. The van der Waals surface area contributed by atoms with E-state index in [2.05, 4.69) is 15.5 Å². The largest absolute Gasteiger partial charge is 0.507 e. The van der Waals surface area contributed by atoms with Crippen molar-refractivity contribution in [2.24, 2.45) is 5.10 Å². The molecule has 1 heterocycles. The second-order valence-electron chi connectivity index (χ2n) is 5.80. The van der Waals surface area contributed by atoms with Crippen LogP contribution in [0.4, 0.5) is 0 Å². The molecule has 1 amide bonds. The summed E-state index contributed by atoms with van der Waals surface area (Å²) in [5.41, 5.74) is 4.13. The Hall–Kier alpha value is -3.73. The van der Waals surface area contributed by atoms with Crippen LogP contribution in [0.15, 0.2) is 78.0 Å². The van der Waals surface area contributed by atoms with Gasteiger partial charge in [0.2, 0.25) is 0 Å². The van der Waals surface area contributed by atoms with Crippen molar-refractivity contribution in [3.63, 3.8) is 0 Å². The zero-order chi connectivity index (χ0) is 17.9. The third-order valence-corrected chi connectivity index (χ3v) is 4.18. The summed E-state index contributed by atoms with van der Waals surface area (Å²) in [6, 6.07) is 20.2. The van der Waals surface area contributed by atoms with Crippen LogP contribution >= 0.6 is 0 Å². The molecule has 0 atom stereocenters. The highest BCUT2D eigenvalue weighted by molar-refractivity contribution is 6.06. The fraction of sp³-hybridized carbons (Fsp3) is 0. The maximum absolute atomic E-state index is 12.5. The number of hydrazone groups is 1. The molecule has 5 heteroatoms. The lowest BCUT2D eigenvalue weighted by atomic mass is 10.0. The number of benzene rings is 3. The second kappa shape index (κ2) is 6.64. The van der Waals surface area contributed by atoms with Gasteiger partial charge in [0.25, 0.3) is 5.91 Å². The second-order valence-corrected chi connectivity index (χ2v) is 5.80. The van der Waals surface area contributed by atoms with Crippen molar-refractivity contribution in [3.8, 4) is 5.75 Å². The van der Waals surface area contributed by atoms with Gasteiger partial charge in [-0.3, -0.25) is 9.78 Å². The van der Waals surface area contributed by atoms with Crippen molar-refractivity contribution in [3.05, 3.63) is 84.1 Å². The number of rotatable bonds is 3. The smallest absolute Gasteiger partial charge is 0.273 e. The molecular formula is C21H15N3O2. The Morgan fingerprint density at radius 2 is 1.77 bits per heavy atom. The molecule has 26 heavy (non-hydrogen) atoms. The van der Waals surface area contributed by atoms with Crippen molar-refractivity contribution in [1.29, 1.82) is 0 Å². The summed E-state index contributed by atoms with van der Waals surface area (Å²) in [6.07, 6.45) is 3.10. The molecule has 0 saturated heterocycles. The number of nitrogens with one attached hydrogen (secondary N) is 1. The van der Waals surface area contributed by atoms with E-state index < -0.39 is 0 Å². The topological polar surface area (TPSA) is 74.6 Å². The summed E-state index contributed by atoms with van der Waals surface area (Å²) < 4.78 is 0. The highest BCUT2D eigenvalue weighted by Gasteiger charge is 2.10. The Balaban J connectivity index is 1.63. The number of pyridine rings is 1. The van der Waals surface area contributed by atoms with Crippen LogP contribution in [-0.4, -0.2) is 22.2 Å². The zero-order valence-electron chi connectivity index (χ0n) is 13.8. The lowest BCUT2D eigenvalue weighted by Gasteiger charge is -2.06. The minimum Gasteiger partial charge on any atom is -0.507 e. The molecule has 0 aliphatic carbocycles. The van der Waals surface area contributed by atoms with Gasteiger partial charge in [0.1, 0.15) is 5.75 Å². The highest BCUT2D eigenvalue weighted by Crippen LogP contribution is 2.25. The quantitative estimate of drug-likeness (QED) is 0.439. The van der Waals surface area contributed by atoms with E-state index in [4.69, 9.17) is 0 Å². The summed E-state index contributed by atoms with van der Waals surface area (Å²) in [5.74, 6) is -0.251. The highest BCUT2D eigenvalue weighted by atomic mass is 16.3. The van der Waals surface area contributed by atoms with Crippen molar-refractivity contribution in [2.75, 3.05) is 0 Å². The van der Waals surface area contributed by atoms with Crippen LogP contribution in [0.1, 0.15) is 15.9 Å². The number of hydrogen-bond acceptors (Lipinski definition) is 4. The van der Waals surface area contributed by atoms with Crippen LogP contribution in [0, 0.1) is 0 Å². The van der Waals surface area contributed by atoms with E-state index >= 15 is 0 Å². The van der Waals surface area contributed by atoms with Gasteiger partial charge in [-0.05, 0) is 29.0 Å². The van der Waals surface area contributed by atoms with Crippen molar-refractivity contribution in [2.45, 2.75) is 0 Å². The molecule has 0 aliphatic rings. The SMILES string of the molecule is O=C(N/N=C\c1c(O)ccc2ccccc12)c1cccc2cccnc12. The lowest BCUT2D eigenvalue weighted by molar-refractivity contribution is 0.0956. The van der Waals surface area contributed by atoms with Gasteiger partial charge in [-0.1, -0.05) is 48.5 Å². The molecule has 4 aromatic rings. The number of aromatic hydroxyl groups is 1. The van der Waals surface area contributed by atoms with Gasteiger partial charge >= 0.3 is 0 Å². The fourth-order valence-electron chi connectivity index (χ4n) is 2.92. The maximum Gasteiger partial charge on any atom is 0.273 e. The number of amides is 1. The Morgan fingerprint density at radius 3 is 2.69 bits per heavy atom. The monoisotopic (exact) mass is 341 g/mol. The summed E-state index contributed by atoms with van der Waals surface area (Å²) >= 11 is 0. The zero-order valence-corrected chi connectivity index (χ0v) is 13.8. The molecule has 0 unspecified atom stereocenters. The molecule has 3 aromatic carbocycles. The number of phenolic OH excluding ortho intramolecular Hbond substituents is 1.